The Bertz CT molecular complexity index is 720. The van der Waals surface area contributed by atoms with Gasteiger partial charge in [-0.1, -0.05) is 32.4 Å². The quantitative estimate of drug-likeness (QED) is 0.883. The number of nitrogens with zero attached hydrogens (tertiary/aromatic N) is 1. The molecule has 0 saturated carbocycles. The molecular weight excluding hydrogens is 319 g/mol. The van der Waals surface area contributed by atoms with Crippen molar-refractivity contribution in [2.24, 2.45) is 0 Å². The molecule has 1 heterocycles. The smallest absolute Gasteiger partial charge is 0.224 e. The van der Waals surface area contributed by atoms with E-state index in [4.69, 9.17) is 16.0 Å². The van der Waals surface area contributed by atoms with Crippen molar-refractivity contribution in [1.82, 2.24) is 4.98 Å². The average molecular weight is 339 g/mol. The van der Waals surface area contributed by atoms with E-state index < -0.39 is 5.82 Å². The molecule has 0 spiro atoms. The molecule has 0 unspecified atom stereocenters. The number of halogens is 2. The van der Waals surface area contributed by atoms with Gasteiger partial charge in [0.25, 0.3) is 0 Å². The number of oxazole rings is 1. The van der Waals surface area contributed by atoms with Gasteiger partial charge in [-0.3, -0.25) is 4.79 Å². The molecule has 0 saturated heterocycles. The molecule has 1 aromatic heterocycles. The Labute approximate surface area is 140 Å². The van der Waals surface area contributed by atoms with E-state index in [0.717, 1.165) is 5.69 Å². The minimum absolute atomic E-state index is 0.0244. The molecule has 2 aromatic rings. The SMILES string of the molecule is Cc1nc(C(C)(C)C)oc1CCC(=O)Nc1ccc(F)c(Cl)c1. The number of anilines is 1. The number of carbonyl (C=O) groups is 1. The molecule has 0 radical (unpaired) electrons. The number of hydrogen-bond acceptors (Lipinski definition) is 3. The second kappa shape index (κ2) is 6.71. The summed E-state index contributed by atoms with van der Waals surface area (Å²) < 4.78 is 18.8. The Morgan fingerprint density at radius 2 is 2.09 bits per heavy atom. The maximum Gasteiger partial charge on any atom is 0.224 e. The van der Waals surface area contributed by atoms with Crippen LogP contribution in [0.5, 0.6) is 0 Å². The Morgan fingerprint density at radius 1 is 1.39 bits per heavy atom. The van der Waals surface area contributed by atoms with Gasteiger partial charge < -0.3 is 9.73 Å². The minimum atomic E-state index is -0.517. The zero-order valence-electron chi connectivity index (χ0n) is 13.7. The fraction of sp³-hybridized carbons (Fsp3) is 0.412. The highest BCUT2D eigenvalue weighted by molar-refractivity contribution is 6.31. The Balaban J connectivity index is 1.96. The summed E-state index contributed by atoms with van der Waals surface area (Å²) in [7, 11) is 0. The molecule has 0 bridgehead atoms. The van der Waals surface area contributed by atoms with Crippen LogP contribution < -0.4 is 5.32 Å². The molecule has 0 aliphatic heterocycles. The number of benzene rings is 1. The Morgan fingerprint density at radius 3 is 2.65 bits per heavy atom. The van der Waals surface area contributed by atoms with Crippen molar-refractivity contribution in [2.75, 3.05) is 5.32 Å². The van der Waals surface area contributed by atoms with Crippen molar-refractivity contribution < 1.29 is 13.6 Å². The molecule has 4 nitrogen and oxygen atoms in total. The minimum Gasteiger partial charge on any atom is -0.445 e. The van der Waals surface area contributed by atoms with Crippen LogP contribution in [0, 0.1) is 12.7 Å². The Kier molecular flexibility index (Phi) is 5.09. The van der Waals surface area contributed by atoms with Gasteiger partial charge in [-0.05, 0) is 25.1 Å². The number of carbonyl (C=O) groups excluding carboxylic acids is 1. The third-order valence-corrected chi connectivity index (χ3v) is 3.61. The Hall–Kier alpha value is -1.88. The maximum atomic E-state index is 13.1. The number of nitrogens with one attached hydrogen (secondary N) is 1. The molecular formula is C17H20ClFN2O2. The van der Waals surface area contributed by atoms with Crippen molar-refractivity contribution >= 4 is 23.2 Å². The highest BCUT2D eigenvalue weighted by Crippen LogP contribution is 2.24. The first-order valence-corrected chi connectivity index (χ1v) is 7.76. The van der Waals surface area contributed by atoms with E-state index in [1.165, 1.54) is 18.2 Å². The monoisotopic (exact) mass is 338 g/mol. The molecule has 0 atom stereocenters. The van der Waals surface area contributed by atoms with E-state index in [-0.39, 0.29) is 22.8 Å². The zero-order chi connectivity index (χ0) is 17.2. The van der Waals surface area contributed by atoms with Gasteiger partial charge in [0.05, 0.1) is 10.7 Å². The fourth-order valence-corrected chi connectivity index (χ4v) is 2.19. The normalized spacial score (nSPS) is 11.6. The summed E-state index contributed by atoms with van der Waals surface area (Å²) in [6.45, 7) is 7.93. The van der Waals surface area contributed by atoms with Crippen LogP contribution in [0.1, 0.15) is 44.5 Å². The number of hydrogen-bond donors (Lipinski definition) is 1. The highest BCUT2D eigenvalue weighted by Gasteiger charge is 2.22. The van der Waals surface area contributed by atoms with Crippen LogP contribution in [-0.4, -0.2) is 10.9 Å². The molecule has 2 rings (SSSR count). The van der Waals surface area contributed by atoms with Gasteiger partial charge in [-0.15, -0.1) is 0 Å². The topological polar surface area (TPSA) is 55.1 Å². The lowest BCUT2D eigenvalue weighted by atomic mass is 9.97. The van der Waals surface area contributed by atoms with Crippen molar-refractivity contribution in [3.05, 3.63) is 46.4 Å². The molecule has 0 aliphatic carbocycles. The van der Waals surface area contributed by atoms with E-state index in [0.29, 0.717) is 23.8 Å². The largest absolute Gasteiger partial charge is 0.445 e. The summed E-state index contributed by atoms with van der Waals surface area (Å²) in [5.74, 6) is 0.662. The van der Waals surface area contributed by atoms with Gasteiger partial charge in [0.2, 0.25) is 5.91 Å². The molecule has 1 N–H and O–H groups in total. The van der Waals surface area contributed by atoms with Crippen LogP contribution >= 0.6 is 11.6 Å². The first-order chi connectivity index (χ1) is 10.7. The van der Waals surface area contributed by atoms with Crippen molar-refractivity contribution in [1.29, 1.82) is 0 Å². The molecule has 0 fully saturated rings. The fourth-order valence-electron chi connectivity index (χ4n) is 2.01. The second-order valence-corrected chi connectivity index (χ2v) is 6.86. The molecule has 1 amide bonds. The number of rotatable bonds is 4. The van der Waals surface area contributed by atoms with Crippen molar-refractivity contribution in [3.63, 3.8) is 0 Å². The van der Waals surface area contributed by atoms with Crippen LogP contribution in [0.15, 0.2) is 22.6 Å². The predicted molar refractivity (Wildman–Crippen MR) is 88.3 cm³/mol. The van der Waals surface area contributed by atoms with Gasteiger partial charge in [0.1, 0.15) is 11.6 Å². The van der Waals surface area contributed by atoms with Gasteiger partial charge in [0.15, 0.2) is 5.89 Å². The van der Waals surface area contributed by atoms with Crippen LogP contribution in [0.25, 0.3) is 0 Å². The first-order valence-electron chi connectivity index (χ1n) is 7.38. The van der Waals surface area contributed by atoms with Crippen LogP contribution in [0.4, 0.5) is 10.1 Å². The van der Waals surface area contributed by atoms with Crippen LogP contribution in [0.3, 0.4) is 0 Å². The molecule has 23 heavy (non-hydrogen) atoms. The maximum absolute atomic E-state index is 13.1. The van der Waals surface area contributed by atoms with Crippen LogP contribution in [-0.2, 0) is 16.6 Å². The lowest BCUT2D eigenvalue weighted by molar-refractivity contribution is -0.116. The van der Waals surface area contributed by atoms with Gasteiger partial charge >= 0.3 is 0 Å². The predicted octanol–water partition coefficient (Wildman–Crippen LogP) is 4.64. The standard InChI is InChI=1S/C17H20ClFN2O2/c1-10-14(23-16(20-10)17(2,3)4)7-8-15(22)21-11-5-6-13(19)12(18)9-11/h5-6,9H,7-8H2,1-4H3,(H,21,22). The van der Waals surface area contributed by atoms with E-state index >= 15 is 0 Å². The highest BCUT2D eigenvalue weighted by atomic mass is 35.5. The van der Waals surface area contributed by atoms with Gasteiger partial charge in [0, 0.05) is 23.9 Å². The van der Waals surface area contributed by atoms with Gasteiger partial charge in [-0.2, -0.15) is 0 Å². The number of aryl methyl sites for hydroxylation is 2. The van der Waals surface area contributed by atoms with Crippen molar-refractivity contribution in [3.8, 4) is 0 Å². The third-order valence-electron chi connectivity index (χ3n) is 3.32. The van der Waals surface area contributed by atoms with E-state index in [1.807, 2.05) is 27.7 Å². The summed E-state index contributed by atoms with van der Waals surface area (Å²) in [6.07, 6.45) is 0.699. The summed E-state index contributed by atoms with van der Waals surface area (Å²) in [4.78, 5) is 16.4. The molecule has 1 aromatic carbocycles. The average Bonchev–Trinajstić information content (AvgIpc) is 2.82. The third kappa shape index (κ3) is 4.55. The van der Waals surface area contributed by atoms with Crippen LogP contribution in [0.2, 0.25) is 5.02 Å². The summed E-state index contributed by atoms with van der Waals surface area (Å²) in [6, 6.07) is 4.07. The first kappa shape index (κ1) is 17.5. The zero-order valence-corrected chi connectivity index (χ0v) is 14.4. The number of amides is 1. The van der Waals surface area contributed by atoms with Crippen molar-refractivity contribution in [2.45, 2.75) is 46.0 Å². The molecule has 6 heteroatoms. The molecule has 0 aliphatic rings. The lowest BCUT2D eigenvalue weighted by Crippen LogP contribution is -2.12. The second-order valence-electron chi connectivity index (χ2n) is 6.45. The summed E-state index contributed by atoms with van der Waals surface area (Å²) in [5.41, 5.74) is 1.09. The van der Waals surface area contributed by atoms with E-state index in [2.05, 4.69) is 10.3 Å². The summed E-state index contributed by atoms with van der Waals surface area (Å²) >= 11 is 5.69. The molecule has 124 valence electrons. The number of aromatic nitrogens is 1. The lowest BCUT2D eigenvalue weighted by Gasteiger charge is -2.12. The summed E-state index contributed by atoms with van der Waals surface area (Å²) in [5, 5.41) is 2.66. The van der Waals surface area contributed by atoms with E-state index in [9.17, 15) is 9.18 Å². The van der Waals surface area contributed by atoms with Gasteiger partial charge in [-0.25, -0.2) is 9.37 Å². The van der Waals surface area contributed by atoms with E-state index in [1.54, 1.807) is 0 Å².